The Morgan fingerprint density at radius 1 is 1.23 bits per heavy atom. The van der Waals surface area contributed by atoms with Gasteiger partial charge in [-0.25, -0.2) is 14.4 Å². The Balaban J connectivity index is 1.51. The standard InChI is InChI=1S/C23H23FN4OS2/c1-2-17-4-9-20-21(14-17)31-23(26-20)28(12-3-11-27-13-10-25-16-27)22(29)15-30-19-7-5-18(24)6-8-19/h4-10,13-14,16H,2-3,11-12,15H2,1H3. The maximum absolute atomic E-state index is 13.2. The Morgan fingerprint density at radius 2 is 2.06 bits per heavy atom. The number of rotatable bonds is 9. The summed E-state index contributed by atoms with van der Waals surface area (Å²) in [5.74, 6) is -0.0141. The number of thiazole rings is 1. The van der Waals surface area contributed by atoms with Crippen LogP contribution >= 0.6 is 23.1 Å². The molecule has 0 spiro atoms. The minimum absolute atomic E-state index is 0.00488. The molecular weight excluding hydrogens is 431 g/mol. The molecule has 0 fully saturated rings. The lowest BCUT2D eigenvalue weighted by Gasteiger charge is -2.20. The van der Waals surface area contributed by atoms with Gasteiger partial charge in [-0.05, 0) is 54.8 Å². The molecular formula is C23H23FN4OS2. The fraction of sp³-hybridized carbons (Fsp3) is 0.261. The quantitative estimate of drug-likeness (QED) is 0.317. The van der Waals surface area contributed by atoms with Gasteiger partial charge in [0.05, 0.1) is 22.3 Å². The number of aromatic nitrogens is 3. The number of thioether (sulfide) groups is 1. The molecule has 0 bridgehead atoms. The van der Waals surface area contributed by atoms with Crippen molar-refractivity contribution in [2.75, 3.05) is 17.2 Å². The second-order valence-corrected chi connectivity index (χ2v) is 9.15. The lowest BCUT2D eigenvalue weighted by molar-refractivity contribution is -0.116. The van der Waals surface area contributed by atoms with Gasteiger partial charge in [0.25, 0.3) is 0 Å². The van der Waals surface area contributed by atoms with Crippen molar-refractivity contribution >= 4 is 44.4 Å². The predicted octanol–water partition coefficient (Wildman–Crippen LogP) is 5.41. The Morgan fingerprint density at radius 3 is 2.81 bits per heavy atom. The van der Waals surface area contributed by atoms with Gasteiger partial charge in [0.15, 0.2) is 5.13 Å². The molecule has 160 valence electrons. The molecule has 0 saturated heterocycles. The van der Waals surface area contributed by atoms with Gasteiger partial charge >= 0.3 is 0 Å². The maximum atomic E-state index is 13.2. The molecule has 5 nitrogen and oxygen atoms in total. The number of carbonyl (C=O) groups is 1. The molecule has 0 aliphatic carbocycles. The largest absolute Gasteiger partial charge is 0.337 e. The van der Waals surface area contributed by atoms with E-state index in [2.05, 4.69) is 24.0 Å². The molecule has 31 heavy (non-hydrogen) atoms. The van der Waals surface area contributed by atoms with Crippen molar-refractivity contribution < 1.29 is 9.18 Å². The first-order valence-electron chi connectivity index (χ1n) is 10.2. The molecule has 8 heteroatoms. The number of carbonyl (C=O) groups excluding carboxylic acids is 1. The van der Waals surface area contributed by atoms with Crippen LogP contribution in [0.4, 0.5) is 9.52 Å². The van der Waals surface area contributed by atoms with Crippen LogP contribution in [0.5, 0.6) is 0 Å². The van der Waals surface area contributed by atoms with Gasteiger partial charge in [-0.1, -0.05) is 24.3 Å². The van der Waals surface area contributed by atoms with E-state index >= 15 is 0 Å². The zero-order valence-electron chi connectivity index (χ0n) is 17.2. The number of aryl methyl sites for hydroxylation is 2. The SMILES string of the molecule is CCc1ccc2nc(N(CCCn3ccnc3)C(=O)CSc3ccc(F)cc3)sc2c1. The minimum atomic E-state index is -0.280. The van der Waals surface area contributed by atoms with Gasteiger partial charge in [-0.3, -0.25) is 9.69 Å². The molecule has 0 saturated carbocycles. The van der Waals surface area contributed by atoms with E-state index in [0.29, 0.717) is 6.54 Å². The van der Waals surface area contributed by atoms with Crippen LogP contribution in [0.3, 0.4) is 0 Å². The van der Waals surface area contributed by atoms with Crippen LogP contribution in [0.25, 0.3) is 10.2 Å². The number of imidazole rings is 1. The second-order valence-electron chi connectivity index (χ2n) is 7.09. The Labute approximate surface area is 188 Å². The first kappa shape index (κ1) is 21.5. The highest BCUT2D eigenvalue weighted by atomic mass is 32.2. The molecule has 1 amide bonds. The summed E-state index contributed by atoms with van der Waals surface area (Å²) in [7, 11) is 0. The van der Waals surface area contributed by atoms with Crippen molar-refractivity contribution in [1.82, 2.24) is 14.5 Å². The van der Waals surface area contributed by atoms with E-state index in [0.717, 1.165) is 39.6 Å². The summed E-state index contributed by atoms with van der Waals surface area (Å²) in [6.45, 7) is 3.48. The van der Waals surface area contributed by atoms with Crippen LogP contribution in [0.15, 0.2) is 66.1 Å². The van der Waals surface area contributed by atoms with Gasteiger partial charge in [-0.2, -0.15) is 0 Å². The normalized spacial score (nSPS) is 11.2. The summed E-state index contributed by atoms with van der Waals surface area (Å²) in [5, 5.41) is 0.721. The highest BCUT2D eigenvalue weighted by Crippen LogP contribution is 2.31. The molecule has 2 aromatic carbocycles. The zero-order valence-corrected chi connectivity index (χ0v) is 18.8. The fourth-order valence-corrected chi connectivity index (χ4v) is 5.05. The van der Waals surface area contributed by atoms with Gasteiger partial charge in [0, 0.05) is 30.4 Å². The molecule has 0 aliphatic rings. The number of hydrogen-bond acceptors (Lipinski definition) is 5. The molecule has 4 rings (SSSR count). The number of halogens is 1. The van der Waals surface area contributed by atoms with Crippen molar-refractivity contribution in [3.63, 3.8) is 0 Å². The Hall–Kier alpha value is -2.71. The summed E-state index contributed by atoms with van der Waals surface area (Å²) in [6, 6.07) is 12.5. The highest BCUT2D eigenvalue weighted by molar-refractivity contribution is 8.00. The maximum Gasteiger partial charge on any atom is 0.239 e. The molecule has 0 atom stereocenters. The summed E-state index contributed by atoms with van der Waals surface area (Å²) >= 11 is 2.96. The first-order valence-corrected chi connectivity index (χ1v) is 12.0. The van der Waals surface area contributed by atoms with E-state index in [1.807, 2.05) is 16.8 Å². The Kier molecular flexibility index (Phi) is 6.99. The van der Waals surface area contributed by atoms with E-state index in [4.69, 9.17) is 4.98 Å². The van der Waals surface area contributed by atoms with Gasteiger partial charge in [-0.15, -0.1) is 11.8 Å². The number of hydrogen-bond donors (Lipinski definition) is 0. The molecule has 2 aromatic heterocycles. The summed E-state index contributed by atoms with van der Waals surface area (Å²) in [6.07, 6.45) is 7.20. The molecule has 4 aromatic rings. The lowest BCUT2D eigenvalue weighted by atomic mass is 10.2. The molecule has 0 unspecified atom stereocenters. The topological polar surface area (TPSA) is 51.0 Å². The molecule has 0 aliphatic heterocycles. The number of nitrogens with zero attached hydrogens (tertiary/aromatic N) is 4. The minimum Gasteiger partial charge on any atom is -0.337 e. The first-order chi connectivity index (χ1) is 15.1. The highest BCUT2D eigenvalue weighted by Gasteiger charge is 2.20. The summed E-state index contributed by atoms with van der Waals surface area (Å²) in [5.41, 5.74) is 2.17. The molecule has 0 N–H and O–H groups in total. The van der Waals surface area contributed by atoms with Crippen LogP contribution in [-0.4, -0.2) is 32.7 Å². The predicted molar refractivity (Wildman–Crippen MR) is 125 cm³/mol. The monoisotopic (exact) mass is 454 g/mol. The van der Waals surface area contributed by atoms with Crippen molar-refractivity contribution in [3.8, 4) is 0 Å². The van der Waals surface area contributed by atoms with Crippen LogP contribution in [-0.2, 0) is 17.8 Å². The third-order valence-corrected chi connectivity index (χ3v) is 6.95. The van der Waals surface area contributed by atoms with Crippen molar-refractivity contribution in [3.05, 3.63) is 72.6 Å². The lowest BCUT2D eigenvalue weighted by Crippen LogP contribution is -2.33. The molecule has 2 heterocycles. The third-order valence-electron chi connectivity index (χ3n) is 4.91. The van der Waals surface area contributed by atoms with Crippen LogP contribution in [0, 0.1) is 5.82 Å². The van der Waals surface area contributed by atoms with Gasteiger partial charge in [0.1, 0.15) is 5.82 Å². The number of anilines is 1. The van der Waals surface area contributed by atoms with Crippen LogP contribution < -0.4 is 4.90 Å². The van der Waals surface area contributed by atoms with Crippen molar-refractivity contribution in [2.45, 2.75) is 31.2 Å². The van der Waals surface area contributed by atoms with E-state index in [9.17, 15) is 9.18 Å². The van der Waals surface area contributed by atoms with Crippen molar-refractivity contribution in [2.24, 2.45) is 0 Å². The van der Waals surface area contributed by atoms with Crippen LogP contribution in [0.1, 0.15) is 18.9 Å². The Bertz CT molecular complexity index is 1140. The fourth-order valence-electron chi connectivity index (χ4n) is 3.20. The van der Waals surface area contributed by atoms with Crippen molar-refractivity contribution in [1.29, 1.82) is 0 Å². The van der Waals surface area contributed by atoms with Gasteiger partial charge < -0.3 is 4.57 Å². The summed E-state index contributed by atoms with van der Waals surface area (Å²) < 4.78 is 16.2. The second kappa shape index (κ2) is 10.1. The summed E-state index contributed by atoms with van der Waals surface area (Å²) in [4.78, 5) is 24.6. The number of fused-ring (bicyclic) bond motifs is 1. The average Bonchev–Trinajstić information content (AvgIpc) is 3.45. The smallest absolute Gasteiger partial charge is 0.239 e. The number of amides is 1. The van der Waals surface area contributed by atoms with E-state index in [1.165, 1.54) is 29.5 Å². The van der Waals surface area contributed by atoms with E-state index in [-0.39, 0.29) is 17.5 Å². The zero-order chi connectivity index (χ0) is 21.6. The van der Waals surface area contributed by atoms with E-state index in [1.54, 1.807) is 40.9 Å². The van der Waals surface area contributed by atoms with Gasteiger partial charge in [0.2, 0.25) is 5.91 Å². The average molecular weight is 455 g/mol. The third kappa shape index (κ3) is 5.51. The number of benzene rings is 2. The molecule has 0 radical (unpaired) electrons. The van der Waals surface area contributed by atoms with E-state index < -0.39 is 0 Å². The van der Waals surface area contributed by atoms with Crippen LogP contribution in [0.2, 0.25) is 0 Å².